The summed E-state index contributed by atoms with van der Waals surface area (Å²) < 4.78 is 0. The quantitative estimate of drug-likeness (QED) is 0.902. The van der Waals surface area contributed by atoms with Gasteiger partial charge in [0, 0.05) is 10.4 Å². The predicted molar refractivity (Wildman–Crippen MR) is 92.4 cm³/mol. The van der Waals surface area contributed by atoms with Crippen molar-refractivity contribution in [1.82, 2.24) is 15.6 Å². The number of benzene rings is 1. The summed E-state index contributed by atoms with van der Waals surface area (Å²) in [7, 11) is 0. The second-order valence-electron chi connectivity index (χ2n) is 5.26. The molecule has 0 radical (unpaired) electrons. The molecule has 0 aliphatic carbocycles. The summed E-state index contributed by atoms with van der Waals surface area (Å²) in [5.74, 6) is 0.0987. The van der Waals surface area contributed by atoms with Crippen molar-refractivity contribution in [2.24, 2.45) is 0 Å². The van der Waals surface area contributed by atoms with Crippen LogP contribution in [0, 0.1) is 6.92 Å². The van der Waals surface area contributed by atoms with Crippen LogP contribution in [0.1, 0.15) is 23.4 Å². The highest BCUT2D eigenvalue weighted by Crippen LogP contribution is 2.27. The summed E-state index contributed by atoms with van der Waals surface area (Å²) in [5, 5.41) is 7.24. The number of hydrogen-bond acceptors (Lipinski definition) is 4. The van der Waals surface area contributed by atoms with Crippen LogP contribution in [0.5, 0.6) is 0 Å². The molecule has 0 spiro atoms. The summed E-state index contributed by atoms with van der Waals surface area (Å²) in [6, 6.07) is 10.1. The molecule has 22 heavy (non-hydrogen) atoms. The second kappa shape index (κ2) is 7.72. The van der Waals surface area contributed by atoms with Crippen LogP contribution in [-0.2, 0) is 11.3 Å². The van der Waals surface area contributed by atoms with E-state index < -0.39 is 0 Å². The van der Waals surface area contributed by atoms with Crippen LogP contribution < -0.4 is 10.6 Å². The van der Waals surface area contributed by atoms with E-state index >= 15 is 0 Å². The van der Waals surface area contributed by atoms with Crippen LogP contribution in [0.4, 0.5) is 0 Å². The van der Waals surface area contributed by atoms with Gasteiger partial charge in [0.05, 0.1) is 18.3 Å². The topological polar surface area (TPSA) is 54.0 Å². The zero-order valence-corrected chi connectivity index (χ0v) is 14.1. The highest BCUT2D eigenvalue weighted by Gasteiger charge is 2.22. The van der Waals surface area contributed by atoms with Gasteiger partial charge in [0.25, 0.3) is 0 Å². The number of carbonyl (C=O) groups is 1. The van der Waals surface area contributed by atoms with Crippen molar-refractivity contribution in [3.63, 3.8) is 0 Å². The van der Waals surface area contributed by atoms with Gasteiger partial charge in [-0.25, -0.2) is 4.98 Å². The van der Waals surface area contributed by atoms with E-state index in [0.717, 1.165) is 40.5 Å². The average molecular weight is 338 g/mol. The molecule has 1 unspecified atom stereocenters. The number of halogens is 1. The van der Waals surface area contributed by atoms with Gasteiger partial charge in [-0.05, 0) is 26.3 Å². The molecule has 2 N–H and O–H groups in total. The molecule has 118 valence electrons. The SMILES string of the molecule is Cc1nc(-c2ccccc2)sc1CNC(=O)C1CCCN1.Cl. The predicted octanol–water partition coefficient (Wildman–Crippen LogP) is 2.91. The molecule has 1 saturated heterocycles. The fraction of sp³-hybridized carbons (Fsp3) is 0.375. The molecular weight excluding hydrogens is 318 g/mol. The summed E-state index contributed by atoms with van der Waals surface area (Å²) in [6.45, 7) is 3.50. The molecule has 1 fully saturated rings. The largest absolute Gasteiger partial charge is 0.350 e. The molecule has 6 heteroatoms. The number of aromatic nitrogens is 1. The Hall–Kier alpha value is -1.43. The highest BCUT2D eigenvalue weighted by molar-refractivity contribution is 7.15. The number of carbonyl (C=O) groups excluding carboxylic acids is 1. The highest BCUT2D eigenvalue weighted by atomic mass is 35.5. The van der Waals surface area contributed by atoms with E-state index in [1.165, 1.54) is 0 Å². The van der Waals surface area contributed by atoms with Gasteiger partial charge in [0.1, 0.15) is 5.01 Å². The fourth-order valence-electron chi connectivity index (χ4n) is 2.50. The minimum atomic E-state index is -0.0215. The lowest BCUT2D eigenvalue weighted by atomic mass is 10.2. The van der Waals surface area contributed by atoms with Gasteiger partial charge in [-0.1, -0.05) is 30.3 Å². The Balaban J connectivity index is 0.00000176. The number of thiazole rings is 1. The Labute approximate surface area is 140 Å². The number of aryl methyl sites for hydroxylation is 1. The lowest BCUT2D eigenvalue weighted by molar-refractivity contribution is -0.122. The maximum atomic E-state index is 12.0. The number of nitrogens with one attached hydrogen (secondary N) is 2. The Morgan fingerprint density at radius 3 is 2.86 bits per heavy atom. The van der Waals surface area contributed by atoms with E-state index in [1.54, 1.807) is 11.3 Å². The van der Waals surface area contributed by atoms with Crippen molar-refractivity contribution in [1.29, 1.82) is 0 Å². The maximum absolute atomic E-state index is 12.0. The molecule has 0 saturated carbocycles. The Kier molecular flexibility index (Phi) is 5.94. The summed E-state index contributed by atoms with van der Waals surface area (Å²) >= 11 is 1.65. The smallest absolute Gasteiger partial charge is 0.237 e. The third-order valence-electron chi connectivity index (χ3n) is 3.71. The van der Waals surface area contributed by atoms with Crippen LogP contribution in [-0.4, -0.2) is 23.5 Å². The average Bonchev–Trinajstić information content (AvgIpc) is 3.16. The van der Waals surface area contributed by atoms with Crippen LogP contribution in [0.25, 0.3) is 10.6 Å². The Morgan fingerprint density at radius 2 is 2.18 bits per heavy atom. The first-order valence-corrected chi connectivity index (χ1v) is 8.08. The zero-order chi connectivity index (χ0) is 14.7. The van der Waals surface area contributed by atoms with Crippen LogP contribution >= 0.6 is 23.7 Å². The zero-order valence-electron chi connectivity index (χ0n) is 12.5. The normalized spacial score (nSPS) is 17.0. The van der Waals surface area contributed by atoms with Gasteiger partial charge >= 0.3 is 0 Å². The van der Waals surface area contributed by atoms with Crippen molar-refractivity contribution in [2.75, 3.05) is 6.54 Å². The number of hydrogen-bond donors (Lipinski definition) is 2. The first kappa shape index (κ1) is 16.9. The lowest BCUT2D eigenvalue weighted by Gasteiger charge is -2.10. The molecule has 1 aliphatic heterocycles. The summed E-state index contributed by atoms with van der Waals surface area (Å²) in [5.41, 5.74) is 2.12. The third kappa shape index (κ3) is 3.85. The van der Waals surface area contributed by atoms with Crippen molar-refractivity contribution in [3.05, 3.63) is 40.9 Å². The van der Waals surface area contributed by atoms with Crippen LogP contribution in [0.15, 0.2) is 30.3 Å². The molecule has 1 amide bonds. The molecule has 1 atom stereocenters. The molecule has 1 aromatic heterocycles. The lowest BCUT2D eigenvalue weighted by Crippen LogP contribution is -2.39. The maximum Gasteiger partial charge on any atom is 0.237 e. The first-order chi connectivity index (χ1) is 10.2. The summed E-state index contributed by atoms with van der Waals surface area (Å²) in [6.07, 6.45) is 2.01. The van der Waals surface area contributed by atoms with E-state index in [0.29, 0.717) is 6.54 Å². The summed E-state index contributed by atoms with van der Waals surface area (Å²) in [4.78, 5) is 17.8. The van der Waals surface area contributed by atoms with E-state index in [-0.39, 0.29) is 24.4 Å². The monoisotopic (exact) mass is 337 g/mol. The van der Waals surface area contributed by atoms with Crippen molar-refractivity contribution in [2.45, 2.75) is 32.4 Å². The van der Waals surface area contributed by atoms with Crippen molar-refractivity contribution in [3.8, 4) is 10.6 Å². The Bertz CT molecular complexity index is 624. The van der Waals surface area contributed by atoms with E-state index in [4.69, 9.17) is 0 Å². The van der Waals surface area contributed by atoms with Gasteiger partial charge in [-0.3, -0.25) is 4.79 Å². The van der Waals surface area contributed by atoms with E-state index in [9.17, 15) is 4.79 Å². The van der Waals surface area contributed by atoms with Crippen LogP contribution in [0.3, 0.4) is 0 Å². The van der Waals surface area contributed by atoms with Gasteiger partial charge in [0.15, 0.2) is 0 Å². The van der Waals surface area contributed by atoms with Gasteiger partial charge in [-0.15, -0.1) is 23.7 Å². The molecule has 1 aromatic carbocycles. The van der Waals surface area contributed by atoms with E-state index in [2.05, 4.69) is 27.8 Å². The molecule has 2 aromatic rings. The van der Waals surface area contributed by atoms with Crippen molar-refractivity contribution >= 4 is 29.7 Å². The molecular formula is C16H20ClN3OS. The van der Waals surface area contributed by atoms with Crippen LogP contribution in [0.2, 0.25) is 0 Å². The van der Waals surface area contributed by atoms with Gasteiger partial charge < -0.3 is 10.6 Å². The minimum Gasteiger partial charge on any atom is -0.350 e. The van der Waals surface area contributed by atoms with E-state index in [1.807, 2.05) is 25.1 Å². The third-order valence-corrected chi connectivity index (χ3v) is 4.92. The molecule has 2 heterocycles. The first-order valence-electron chi connectivity index (χ1n) is 7.27. The van der Waals surface area contributed by atoms with Gasteiger partial charge in [0.2, 0.25) is 5.91 Å². The van der Waals surface area contributed by atoms with Gasteiger partial charge in [-0.2, -0.15) is 0 Å². The Morgan fingerprint density at radius 1 is 1.41 bits per heavy atom. The standard InChI is InChI=1S/C16H19N3OS.ClH/c1-11-14(10-18-15(20)13-8-5-9-17-13)21-16(19-11)12-6-3-2-4-7-12;/h2-4,6-7,13,17H,5,8-10H2,1H3,(H,18,20);1H. The molecule has 0 bridgehead atoms. The molecule has 1 aliphatic rings. The number of nitrogens with zero attached hydrogens (tertiary/aromatic N) is 1. The fourth-order valence-corrected chi connectivity index (χ4v) is 3.50. The molecule has 4 nitrogen and oxygen atoms in total. The van der Waals surface area contributed by atoms with Crippen molar-refractivity contribution < 1.29 is 4.79 Å². The number of rotatable bonds is 4. The minimum absolute atomic E-state index is 0. The number of amides is 1. The second-order valence-corrected chi connectivity index (χ2v) is 6.34. The molecule has 3 rings (SSSR count).